The maximum Gasteiger partial charge on any atom is -1.00 e. The average molecular weight is 428 g/mol. The summed E-state index contributed by atoms with van der Waals surface area (Å²) < 4.78 is 60.9. The average Bonchev–Trinajstić information content (AvgIpc) is 2.50. The molecule has 1 rings (SSSR count). The first-order valence-corrected chi connectivity index (χ1v) is 8.82. The molecule has 0 saturated carbocycles. The van der Waals surface area contributed by atoms with Crippen LogP contribution in [0.25, 0.3) is 0 Å². The summed E-state index contributed by atoms with van der Waals surface area (Å²) in [6.07, 6.45) is 0. The molecular formula is C12H19F6N4O4P. The van der Waals surface area contributed by atoms with Crippen LogP contribution in [-0.2, 0) is 19.1 Å². The summed E-state index contributed by atoms with van der Waals surface area (Å²) in [5.41, 5.74) is -0.417. The second kappa shape index (κ2) is 11.6. The Morgan fingerprint density at radius 3 is 2.11 bits per heavy atom. The molecular weight excluding hydrogens is 409 g/mol. The molecule has 0 aliphatic carbocycles. The van der Waals surface area contributed by atoms with Crippen LogP contribution in [0.3, 0.4) is 0 Å². The number of carbonyl (C=O) groups is 1. The van der Waals surface area contributed by atoms with Crippen molar-refractivity contribution >= 4 is 25.9 Å². The van der Waals surface area contributed by atoms with Crippen LogP contribution < -0.4 is 4.70 Å². The van der Waals surface area contributed by atoms with Crippen LogP contribution in [0.2, 0.25) is 0 Å². The molecule has 8 nitrogen and oxygen atoms in total. The fourth-order valence-corrected chi connectivity index (χ4v) is 1.57. The van der Waals surface area contributed by atoms with Gasteiger partial charge in [-0.3, -0.25) is 4.84 Å². The van der Waals surface area contributed by atoms with Crippen LogP contribution in [0.1, 0.15) is 6.92 Å². The SMILES string of the molecule is CCOC(=O)C(C#N)=NOC(N1CCOCC1)=[N+](C)C.FP(F)(F)(F)F.[F-]. The quantitative estimate of drug-likeness (QED) is 0.113. The Kier molecular flexibility index (Phi) is 11.6. The van der Waals surface area contributed by atoms with E-state index in [9.17, 15) is 25.8 Å². The zero-order chi connectivity index (χ0) is 20.4. The van der Waals surface area contributed by atoms with E-state index in [1.807, 2.05) is 4.90 Å². The number of nitrogens with zero attached hydrogens (tertiary/aromatic N) is 4. The number of rotatable bonds is 3. The number of esters is 1. The van der Waals surface area contributed by atoms with Crippen LogP contribution in [0.4, 0.5) is 21.0 Å². The summed E-state index contributed by atoms with van der Waals surface area (Å²) in [7, 11) is -4.97. The maximum atomic E-state index is 11.4. The predicted molar refractivity (Wildman–Crippen MR) is 82.7 cm³/mol. The minimum absolute atomic E-state index is 0. The first-order valence-electron chi connectivity index (χ1n) is 7.13. The summed E-state index contributed by atoms with van der Waals surface area (Å²) in [6.45, 7) is 4.32. The van der Waals surface area contributed by atoms with E-state index in [-0.39, 0.29) is 11.3 Å². The van der Waals surface area contributed by atoms with Gasteiger partial charge < -0.3 is 14.2 Å². The van der Waals surface area contributed by atoms with Crippen LogP contribution in [0, 0.1) is 11.3 Å². The van der Waals surface area contributed by atoms with Gasteiger partial charge in [-0.05, 0) is 6.92 Å². The van der Waals surface area contributed by atoms with Crippen molar-refractivity contribution in [3.8, 4) is 6.07 Å². The minimum atomic E-state index is -8.55. The maximum absolute atomic E-state index is 11.4. The molecule has 15 heteroatoms. The third-order valence-corrected chi connectivity index (χ3v) is 2.46. The van der Waals surface area contributed by atoms with Crippen LogP contribution in [0.5, 0.6) is 0 Å². The summed E-state index contributed by atoms with van der Waals surface area (Å²) in [5, 5.41) is 12.4. The van der Waals surface area contributed by atoms with Crippen molar-refractivity contribution < 1.29 is 49.4 Å². The van der Waals surface area contributed by atoms with Crippen LogP contribution >= 0.6 is 8.16 Å². The van der Waals surface area contributed by atoms with Crippen molar-refractivity contribution in [3.05, 3.63) is 0 Å². The molecule has 0 aromatic carbocycles. The van der Waals surface area contributed by atoms with Gasteiger partial charge in [-0.15, -0.1) is 0 Å². The van der Waals surface area contributed by atoms with Crippen molar-refractivity contribution in [1.29, 1.82) is 5.26 Å². The normalized spacial score (nSPS) is 15.6. The molecule has 0 spiro atoms. The van der Waals surface area contributed by atoms with Gasteiger partial charge in [-0.25, -0.2) is 14.3 Å². The minimum Gasteiger partial charge on any atom is -1.00 e. The second-order valence-corrected chi connectivity index (χ2v) is 6.06. The van der Waals surface area contributed by atoms with Crippen molar-refractivity contribution in [3.63, 3.8) is 0 Å². The number of hydrogen-bond acceptors (Lipinski definition) is 6. The molecule has 0 radical (unpaired) electrons. The molecule has 158 valence electrons. The van der Waals surface area contributed by atoms with Gasteiger partial charge in [0, 0.05) is 0 Å². The van der Waals surface area contributed by atoms with Gasteiger partial charge in [-0.1, -0.05) is 5.16 Å². The van der Waals surface area contributed by atoms with E-state index in [4.69, 9.17) is 19.6 Å². The van der Waals surface area contributed by atoms with Crippen molar-refractivity contribution in [1.82, 2.24) is 4.90 Å². The summed E-state index contributed by atoms with van der Waals surface area (Å²) in [4.78, 5) is 18.6. The zero-order valence-corrected chi connectivity index (χ0v) is 15.6. The fraction of sp³-hybridized carbons (Fsp3) is 0.667. The standard InChI is InChI=1S/C12H19N4O4.F5P.FH/c1-4-19-11(17)10(9-13)14-20-12(15(2)3)16-5-7-18-8-6-16;1-6(2,3,4)5;/h4-8H2,1-3H3;;1H/q+1;;/p-1. The van der Waals surface area contributed by atoms with Gasteiger partial charge in [0.1, 0.15) is 19.2 Å². The fourth-order valence-electron chi connectivity index (χ4n) is 1.57. The van der Waals surface area contributed by atoms with Crippen molar-refractivity contribution in [2.75, 3.05) is 47.0 Å². The number of hydrogen-bond donors (Lipinski definition) is 0. The topological polar surface area (TPSA) is 87.2 Å². The Morgan fingerprint density at radius 2 is 1.74 bits per heavy atom. The molecule has 0 unspecified atom stereocenters. The first-order chi connectivity index (χ1) is 11.8. The third-order valence-electron chi connectivity index (χ3n) is 2.46. The molecule has 0 amide bonds. The van der Waals surface area contributed by atoms with Gasteiger partial charge in [-0.2, -0.15) is 5.26 Å². The molecule has 1 aliphatic heterocycles. The van der Waals surface area contributed by atoms with Gasteiger partial charge in [0.2, 0.25) is 0 Å². The number of morpholine rings is 1. The van der Waals surface area contributed by atoms with Crippen molar-refractivity contribution in [2.45, 2.75) is 6.92 Å². The number of amidine groups is 1. The van der Waals surface area contributed by atoms with E-state index < -0.39 is 19.8 Å². The van der Waals surface area contributed by atoms with E-state index in [0.29, 0.717) is 32.3 Å². The Balaban J connectivity index is 0. The van der Waals surface area contributed by atoms with E-state index >= 15 is 0 Å². The summed E-state index contributed by atoms with van der Waals surface area (Å²) >= 11 is 0. The van der Waals surface area contributed by atoms with Gasteiger partial charge in [0.05, 0.1) is 33.9 Å². The molecule has 0 aromatic rings. The molecule has 1 aliphatic rings. The Hall–Kier alpha value is -2.13. The van der Waals surface area contributed by atoms with Gasteiger partial charge in [0.15, 0.2) is 0 Å². The Bertz CT molecular complexity index is 576. The summed E-state index contributed by atoms with van der Waals surface area (Å²) in [5.74, 6) is -0.796. The molecule has 1 fully saturated rings. The summed E-state index contributed by atoms with van der Waals surface area (Å²) in [6, 6.07) is 2.11. The zero-order valence-electron chi connectivity index (χ0n) is 14.7. The number of nitriles is 1. The van der Waals surface area contributed by atoms with E-state index in [0.717, 1.165) is 0 Å². The molecule has 0 atom stereocenters. The number of carbonyl (C=O) groups excluding carboxylic acids is 1. The smallest absolute Gasteiger partial charge is 1.00 e. The van der Waals surface area contributed by atoms with E-state index in [2.05, 4.69) is 5.16 Å². The largest absolute Gasteiger partial charge is 1.00 e. The van der Waals surface area contributed by atoms with E-state index in [1.165, 1.54) is 0 Å². The first kappa shape index (κ1) is 27.1. The molecule has 0 aromatic heterocycles. The van der Waals surface area contributed by atoms with Crippen LogP contribution in [-0.4, -0.2) is 74.2 Å². The number of oxime groups is 1. The molecule has 0 N–H and O–H groups in total. The molecule has 1 heterocycles. The molecule has 27 heavy (non-hydrogen) atoms. The van der Waals surface area contributed by atoms with E-state index in [1.54, 1.807) is 31.7 Å². The van der Waals surface area contributed by atoms with Crippen molar-refractivity contribution in [2.24, 2.45) is 5.16 Å². The monoisotopic (exact) mass is 428 g/mol. The van der Waals surface area contributed by atoms with Gasteiger partial charge >= 0.3 is 41.1 Å². The number of ether oxygens (including phenoxy) is 2. The molecule has 1 saturated heterocycles. The Morgan fingerprint density at radius 1 is 1.26 bits per heavy atom. The number of halogens is 6. The predicted octanol–water partition coefficient (Wildman–Crippen LogP) is -0.628. The molecule has 0 bridgehead atoms. The van der Waals surface area contributed by atoms with Crippen LogP contribution in [0.15, 0.2) is 5.16 Å². The third kappa shape index (κ3) is 14.7. The second-order valence-electron chi connectivity index (χ2n) is 4.78. The van der Waals surface area contributed by atoms with Gasteiger partial charge in [0.25, 0.3) is 5.71 Å². The Labute approximate surface area is 151 Å².